The van der Waals surface area contributed by atoms with Crippen molar-refractivity contribution in [3.8, 4) is 0 Å². The zero-order valence-electron chi connectivity index (χ0n) is 11.1. The minimum Gasteiger partial charge on any atom is -0.397 e. The van der Waals surface area contributed by atoms with Crippen molar-refractivity contribution in [2.45, 2.75) is 19.4 Å². The Hall–Kier alpha value is -1.67. The molecule has 0 aliphatic carbocycles. The first-order valence-corrected chi connectivity index (χ1v) is 7.46. The number of nitrogens with one attached hydrogen (secondary N) is 2. The zero-order chi connectivity index (χ0) is 14.7. The van der Waals surface area contributed by atoms with Crippen molar-refractivity contribution in [3.63, 3.8) is 0 Å². The van der Waals surface area contributed by atoms with Crippen LogP contribution >= 0.6 is 0 Å². The van der Waals surface area contributed by atoms with Gasteiger partial charge in [-0.3, -0.25) is 9.78 Å². The number of rotatable bonds is 5. The number of anilines is 1. The van der Waals surface area contributed by atoms with E-state index in [2.05, 4.69) is 15.0 Å². The molecule has 0 aromatic carbocycles. The quantitative estimate of drug-likeness (QED) is 0.689. The summed E-state index contributed by atoms with van der Waals surface area (Å²) < 4.78 is 24.8. The van der Waals surface area contributed by atoms with E-state index in [1.54, 1.807) is 13.8 Å². The molecule has 0 aliphatic heterocycles. The fraction of sp³-hybridized carbons (Fsp3) is 0.455. The molecule has 0 bridgehead atoms. The van der Waals surface area contributed by atoms with Crippen molar-refractivity contribution in [2.75, 3.05) is 18.5 Å². The highest BCUT2D eigenvalue weighted by molar-refractivity contribution is 7.88. The number of pyridine rings is 1. The maximum absolute atomic E-state index is 11.9. The summed E-state index contributed by atoms with van der Waals surface area (Å²) in [7, 11) is -3.34. The Morgan fingerprint density at radius 1 is 1.47 bits per heavy atom. The molecule has 19 heavy (non-hydrogen) atoms. The van der Waals surface area contributed by atoms with E-state index < -0.39 is 15.6 Å². The van der Waals surface area contributed by atoms with Crippen LogP contribution in [0.4, 0.5) is 5.69 Å². The lowest BCUT2D eigenvalue weighted by Gasteiger charge is -2.25. The Kier molecular flexibility index (Phi) is 4.48. The van der Waals surface area contributed by atoms with Gasteiger partial charge in [-0.25, -0.2) is 13.1 Å². The summed E-state index contributed by atoms with van der Waals surface area (Å²) in [6.45, 7) is 3.48. The van der Waals surface area contributed by atoms with E-state index >= 15 is 0 Å². The van der Waals surface area contributed by atoms with Crippen LogP contribution in [0, 0.1) is 0 Å². The van der Waals surface area contributed by atoms with Gasteiger partial charge in [-0.2, -0.15) is 0 Å². The molecule has 1 aromatic rings. The molecule has 106 valence electrons. The fourth-order valence-electron chi connectivity index (χ4n) is 1.55. The Labute approximate surface area is 112 Å². The summed E-state index contributed by atoms with van der Waals surface area (Å²) >= 11 is 0. The smallest absolute Gasteiger partial charge is 0.253 e. The summed E-state index contributed by atoms with van der Waals surface area (Å²) in [5.41, 5.74) is 5.42. The van der Waals surface area contributed by atoms with Crippen LogP contribution in [0.1, 0.15) is 24.2 Å². The van der Waals surface area contributed by atoms with E-state index in [0.29, 0.717) is 5.56 Å². The van der Waals surface area contributed by atoms with Crippen LogP contribution in [-0.2, 0) is 10.0 Å². The van der Waals surface area contributed by atoms with E-state index in [4.69, 9.17) is 5.73 Å². The van der Waals surface area contributed by atoms with Gasteiger partial charge in [-0.05, 0) is 19.9 Å². The average molecular weight is 286 g/mol. The fourth-order valence-corrected chi connectivity index (χ4v) is 2.62. The largest absolute Gasteiger partial charge is 0.397 e. The molecule has 1 heterocycles. The minimum atomic E-state index is -3.34. The van der Waals surface area contributed by atoms with Gasteiger partial charge < -0.3 is 11.1 Å². The second-order valence-corrected chi connectivity index (χ2v) is 6.65. The Bertz CT molecular complexity index is 569. The molecular formula is C11H18N4O3S. The number of carbonyl (C=O) groups is 1. The average Bonchev–Trinajstić information content (AvgIpc) is 2.23. The van der Waals surface area contributed by atoms with Crippen LogP contribution in [-0.4, -0.2) is 37.6 Å². The molecule has 0 saturated heterocycles. The minimum absolute atomic E-state index is 0.140. The topological polar surface area (TPSA) is 114 Å². The number of hydrogen-bond donors (Lipinski definition) is 3. The third-order valence-electron chi connectivity index (χ3n) is 2.25. The van der Waals surface area contributed by atoms with Gasteiger partial charge in [0.25, 0.3) is 5.91 Å². The van der Waals surface area contributed by atoms with Crippen LogP contribution in [0.25, 0.3) is 0 Å². The van der Waals surface area contributed by atoms with E-state index in [1.807, 2.05) is 0 Å². The Balaban J connectivity index is 2.67. The monoisotopic (exact) mass is 286 g/mol. The molecule has 1 amide bonds. The summed E-state index contributed by atoms with van der Waals surface area (Å²) in [6.07, 6.45) is 3.91. The number of aromatic nitrogens is 1. The molecule has 0 atom stereocenters. The molecule has 0 aliphatic rings. The Morgan fingerprint density at radius 2 is 2.11 bits per heavy atom. The SMILES string of the molecule is CC(C)(CNC(=O)c1ccncc1N)NS(C)(=O)=O. The van der Waals surface area contributed by atoms with E-state index in [1.165, 1.54) is 18.5 Å². The molecule has 0 saturated carbocycles. The standard InChI is InChI=1S/C11H18N4O3S/c1-11(2,15-19(3,17)18)7-14-10(16)8-4-5-13-6-9(8)12/h4-6,15H,7,12H2,1-3H3,(H,14,16). The summed E-state index contributed by atoms with van der Waals surface area (Å²) in [5.74, 6) is -0.372. The molecule has 1 rings (SSSR count). The lowest BCUT2D eigenvalue weighted by molar-refractivity contribution is 0.0945. The van der Waals surface area contributed by atoms with Crippen molar-refractivity contribution in [3.05, 3.63) is 24.0 Å². The van der Waals surface area contributed by atoms with E-state index in [-0.39, 0.29) is 18.1 Å². The molecule has 8 heteroatoms. The number of nitrogens with two attached hydrogens (primary N) is 1. The maximum atomic E-state index is 11.9. The normalized spacial score (nSPS) is 12.2. The van der Waals surface area contributed by atoms with Crippen molar-refractivity contribution in [1.29, 1.82) is 0 Å². The molecule has 0 spiro atoms. The third kappa shape index (κ3) is 5.23. The zero-order valence-corrected chi connectivity index (χ0v) is 11.9. The number of nitrogen functional groups attached to an aromatic ring is 1. The lowest BCUT2D eigenvalue weighted by atomic mass is 10.1. The van der Waals surface area contributed by atoms with Gasteiger partial charge in [-0.1, -0.05) is 0 Å². The second-order valence-electron chi connectivity index (χ2n) is 4.90. The number of carbonyl (C=O) groups excluding carboxylic acids is 1. The van der Waals surface area contributed by atoms with Crippen LogP contribution in [0.2, 0.25) is 0 Å². The molecular weight excluding hydrogens is 268 g/mol. The van der Waals surface area contributed by atoms with Crippen LogP contribution in [0.5, 0.6) is 0 Å². The van der Waals surface area contributed by atoms with Gasteiger partial charge in [0.1, 0.15) is 0 Å². The van der Waals surface area contributed by atoms with Gasteiger partial charge in [0.2, 0.25) is 10.0 Å². The second kappa shape index (κ2) is 5.54. The predicted octanol–water partition coefficient (Wildman–Crippen LogP) is -0.279. The highest BCUT2D eigenvalue weighted by Gasteiger charge is 2.23. The van der Waals surface area contributed by atoms with Gasteiger partial charge >= 0.3 is 0 Å². The van der Waals surface area contributed by atoms with Crippen molar-refractivity contribution >= 4 is 21.6 Å². The van der Waals surface area contributed by atoms with E-state index in [9.17, 15) is 13.2 Å². The first kappa shape index (κ1) is 15.4. The van der Waals surface area contributed by atoms with Gasteiger partial charge in [0, 0.05) is 18.3 Å². The number of nitrogens with zero attached hydrogens (tertiary/aromatic N) is 1. The maximum Gasteiger partial charge on any atom is 0.253 e. The lowest BCUT2D eigenvalue weighted by Crippen LogP contribution is -2.51. The highest BCUT2D eigenvalue weighted by Crippen LogP contribution is 2.09. The molecule has 4 N–H and O–H groups in total. The number of amides is 1. The molecule has 1 aromatic heterocycles. The molecule has 7 nitrogen and oxygen atoms in total. The number of hydrogen-bond acceptors (Lipinski definition) is 5. The van der Waals surface area contributed by atoms with Crippen LogP contribution in [0.3, 0.4) is 0 Å². The first-order chi connectivity index (χ1) is 8.61. The summed E-state index contributed by atoms with van der Waals surface area (Å²) in [6, 6.07) is 1.50. The van der Waals surface area contributed by atoms with Crippen LogP contribution < -0.4 is 15.8 Å². The predicted molar refractivity (Wildman–Crippen MR) is 73.0 cm³/mol. The molecule has 0 radical (unpaired) electrons. The highest BCUT2D eigenvalue weighted by atomic mass is 32.2. The van der Waals surface area contributed by atoms with Crippen LogP contribution in [0.15, 0.2) is 18.5 Å². The van der Waals surface area contributed by atoms with Crippen molar-refractivity contribution < 1.29 is 13.2 Å². The van der Waals surface area contributed by atoms with Gasteiger partial charge in [-0.15, -0.1) is 0 Å². The van der Waals surface area contributed by atoms with Crippen molar-refractivity contribution in [2.24, 2.45) is 0 Å². The van der Waals surface area contributed by atoms with Gasteiger partial charge in [0.15, 0.2) is 0 Å². The van der Waals surface area contributed by atoms with Gasteiger partial charge in [0.05, 0.1) is 23.7 Å². The first-order valence-electron chi connectivity index (χ1n) is 5.57. The number of sulfonamides is 1. The molecule has 0 fully saturated rings. The summed E-state index contributed by atoms with van der Waals surface area (Å²) in [4.78, 5) is 15.7. The molecule has 0 unspecified atom stereocenters. The Morgan fingerprint density at radius 3 is 2.63 bits per heavy atom. The summed E-state index contributed by atoms with van der Waals surface area (Å²) in [5, 5.41) is 2.63. The third-order valence-corrected chi connectivity index (χ3v) is 3.17. The van der Waals surface area contributed by atoms with Crippen molar-refractivity contribution in [1.82, 2.24) is 15.0 Å². The van der Waals surface area contributed by atoms with E-state index in [0.717, 1.165) is 6.26 Å².